The Labute approximate surface area is 194 Å². The van der Waals surface area contributed by atoms with Gasteiger partial charge in [0.1, 0.15) is 17.5 Å². The van der Waals surface area contributed by atoms with E-state index >= 15 is 0 Å². The highest BCUT2D eigenvalue weighted by atomic mass is 32.1. The molecule has 33 heavy (non-hydrogen) atoms. The van der Waals surface area contributed by atoms with Crippen molar-refractivity contribution < 1.29 is 23.5 Å². The molecule has 10 heteroatoms. The van der Waals surface area contributed by atoms with Gasteiger partial charge in [0.15, 0.2) is 5.69 Å². The van der Waals surface area contributed by atoms with Crippen LogP contribution in [-0.2, 0) is 4.74 Å². The number of carbonyl (C=O) groups is 2. The summed E-state index contributed by atoms with van der Waals surface area (Å²) in [4.78, 5) is 26.7. The summed E-state index contributed by atoms with van der Waals surface area (Å²) < 4.78 is 25.9. The number of aromatic nitrogens is 2. The van der Waals surface area contributed by atoms with Crippen molar-refractivity contribution in [3.05, 3.63) is 41.8 Å². The molecule has 8 nitrogen and oxygen atoms in total. The molecule has 2 aromatic heterocycles. The first-order valence-electron chi connectivity index (χ1n) is 10.6. The van der Waals surface area contributed by atoms with Crippen molar-refractivity contribution in [1.29, 1.82) is 0 Å². The minimum absolute atomic E-state index is 0.0315. The lowest BCUT2D eigenvalue weighted by Gasteiger charge is -2.33. The van der Waals surface area contributed by atoms with Gasteiger partial charge in [-0.3, -0.25) is 4.79 Å². The Morgan fingerprint density at radius 1 is 1.24 bits per heavy atom. The van der Waals surface area contributed by atoms with E-state index in [1.807, 2.05) is 20.8 Å². The molecule has 2 N–H and O–H groups in total. The number of benzene rings is 1. The lowest BCUT2D eigenvalue weighted by Crippen LogP contribution is -2.46. The highest BCUT2D eigenvalue weighted by Gasteiger charge is 2.30. The van der Waals surface area contributed by atoms with Crippen LogP contribution < -0.4 is 10.5 Å². The fourth-order valence-electron chi connectivity index (χ4n) is 3.64. The number of halogens is 1. The van der Waals surface area contributed by atoms with Crippen molar-refractivity contribution >= 4 is 33.4 Å². The maximum atomic E-state index is 13.7. The van der Waals surface area contributed by atoms with E-state index in [-0.39, 0.29) is 29.6 Å². The fourth-order valence-corrected chi connectivity index (χ4v) is 4.77. The van der Waals surface area contributed by atoms with E-state index in [4.69, 9.17) is 15.2 Å². The van der Waals surface area contributed by atoms with Gasteiger partial charge in [0.2, 0.25) is 5.88 Å². The third kappa shape index (κ3) is 5.22. The molecule has 4 rings (SSSR count). The van der Waals surface area contributed by atoms with Crippen LogP contribution in [0.3, 0.4) is 0 Å². The van der Waals surface area contributed by atoms with Crippen molar-refractivity contribution in [3.8, 4) is 16.3 Å². The Hall–Kier alpha value is -3.27. The maximum Gasteiger partial charge on any atom is 0.410 e. The van der Waals surface area contributed by atoms with Crippen LogP contribution in [0.1, 0.15) is 44.1 Å². The standard InChI is InChI=1S/C23H25FN4O4S/c1-23(2,3)32-22(30)28-9-5-8-15(12-28)31-21-16-11-17(13-6-4-7-14(24)10-13)33-19(16)18(20(25)29)26-27-21/h4,6-7,10-11,15H,5,8-9,12H2,1-3H3,(H2,25,29). The molecule has 1 aromatic carbocycles. The van der Waals surface area contributed by atoms with Crippen molar-refractivity contribution in [3.63, 3.8) is 0 Å². The second kappa shape index (κ2) is 8.93. The number of piperidine rings is 1. The first kappa shape index (κ1) is 22.9. The van der Waals surface area contributed by atoms with Crippen molar-refractivity contribution in [2.75, 3.05) is 13.1 Å². The van der Waals surface area contributed by atoms with Gasteiger partial charge in [0, 0.05) is 11.4 Å². The lowest BCUT2D eigenvalue weighted by molar-refractivity contribution is 0.00731. The third-order valence-corrected chi connectivity index (χ3v) is 6.26. The summed E-state index contributed by atoms with van der Waals surface area (Å²) in [6.45, 7) is 6.39. The molecule has 2 amide bonds. The first-order chi connectivity index (χ1) is 15.6. The van der Waals surface area contributed by atoms with E-state index in [9.17, 15) is 14.0 Å². The molecule has 1 aliphatic heterocycles. The average molecular weight is 473 g/mol. The minimum atomic E-state index is -0.708. The van der Waals surface area contributed by atoms with E-state index in [0.717, 1.165) is 17.7 Å². The predicted octanol–water partition coefficient (Wildman–Crippen LogP) is 4.37. The van der Waals surface area contributed by atoms with Crippen LogP contribution >= 0.6 is 11.3 Å². The average Bonchev–Trinajstić information content (AvgIpc) is 3.18. The molecule has 0 spiro atoms. The van der Waals surface area contributed by atoms with Gasteiger partial charge >= 0.3 is 6.09 Å². The van der Waals surface area contributed by atoms with Gasteiger partial charge in [-0.05, 0) is 57.4 Å². The normalized spacial score (nSPS) is 16.6. The van der Waals surface area contributed by atoms with Crippen LogP contribution in [0.15, 0.2) is 30.3 Å². The van der Waals surface area contributed by atoms with Crippen LogP contribution in [0, 0.1) is 5.82 Å². The zero-order chi connectivity index (χ0) is 23.8. The number of primary amides is 1. The van der Waals surface area contributed by atoms with Crippen LogP contribution in [0.2, 0.25) is 0 Å². The zero-order valence-electron chi connectivity index (χ0n) is 18.6. The van der Waals surface area contributed by atoms with E-state index in [2.05, 4.69) is 10.2 Å². The predicted molar refractivity (Wildman–Crippen MR) is 123 cm³/mol. The summed E-state index contributed by atoms with van der Waals surface area (Å²) in [6.07, 6.45) is 0.764. The van der Waals surface area contributed by atoms with Crippen LogP contribution in [0.25, 0.3) is 20.5 Å². The van der Waals surface area contributed by atoms with E-state index in [1.54, 1.807) is 23.1 Å². The number of hydrogen-bond donors (Lipinski definition) is 1. The molecule has 174 valence electrons. The number of fused-ring (bicyclic) bond motifs is 1. The Morgan fingerprint density at radius 3 is 2.73 bits per heavy atom. The van der Waals surface area contributed by atoms with Gasteiger partial charge in [0.05, 0.1) is 16.6 Å². The Balaban J connectivity index is 1.63. The number of amides is 2. The summed E-state index contributed by atoms with van der Waals surface area (Å²) in [6, 6.07) is 7.96. The topological polar surface area (TPSA) is 108 Å². The third-order valence-electron chi connectivity index (χ3n) is 5.07. The minimum Gasteiger partial charge on any atom is -0.471 e. The number of rotatable bonds is 4. The lowest BCUT2D eigenvalue weighted by atomic mass is 10.1. The molecule has 1 fully saturated rings. The van der Waals surface area contributed by atoms with Crippen molar-refractivity contribution in [2.24, 2.45) is 5.73 Å². The van der Waals surface area contributed by atoms with Crippen molar-refractivity contribution in [2.45, 2.75) is 45.3 Å². The summed E-state index contributed by atoms with van der Waals surface area (Å²) in [5.41, 5.74) is 5.60. The summed E-state index contributed by atoms with van der Waals surface area (Å²) in [5.74, 6) is -0.831. The van der Waals surface area contributed by atoms with Crippen molar-refractivity contribution in [1.82, 2.24) is 15.1 Å². The van der Waals surface area contributed by atoms with Crippen LogP contribution in [-0.4, -0.2) is 51.9 Å². The molecular weight excluding hydrogens is 447 g/mol. The maximum absolute atomic E-state index is 13.7. The number of thiophene rings is 1. The zero-order valence-corrected chi connectivity index (χ0v) is 19.4. The summed E-state index contributed by atoms with van der Waals surface area (Å²) >= 11 is 1.27. The SMILES string of the molecule is CC(C)(C)OC(=O)N1CCCC(Oc2nnc(C(N)=O)c3sc(-c4cccc(F)c4)cc23)C1. The van der Waals surface area contributed by atoms with Gasteiger partial charge in [-0.25, -0.2) is 9.18 Å². The number of nitrogens with two attached hydrogens (primary N) is 1. The second-order valence-electron chi connectivity index (χ2n) is 8.89. The number of carbonyl (C=O) groups excluding carboxylic acids is 2. The molecule has 3 aromatic rings. The quantitative estimate of drug-likeness (QED) is 0.604. The first-order valence-corrected chi connectivity index (χ1v) is 11.4. The van der Waals surface area contributed by atoms with Gasteiger partial charge in [0.25, 0.3) is 5.91 Å². The number of nitrogens with zero attached hydrogens (tertiary/aromatic N) is 3. The molecule has 0 saturated carbocycles. The van der Waals surface area contributed by atoms with Gasteiger partial charge in [-0.15, -0.1) is 21.5 Å². The molecule has 1 saturated heterocycles. The Kier molecular flexibility index (Phi) is 6.20. The molecule has 1 atom stereocenters. The molecule has 1 unspecified atom stereocenters. The highest BCUT2D eigenvalue weighted by Crippen LogP contribution is 2.39. The van der Waals surface area contributed by atoms with Crippen LogP contribution in [0.5, 0.6) is 5.88 Å². The Morgan fingerprint density at radius 2 is 2.03 bits per heavy atom. The van der Waals surface area contributed by atoms with Gasteiger partial charge < -0.3 is 20.1 Å². The smallest absolute Gasteiger partial charge is 0.410 e. The van der Waals surface area contributed by atoms with E-state index in [0.29, 0.717) is 28.7 Å². The molecular formula is C23H25FN4O4S. The number of ether oxygens (including phenoxy) is 2. The van der Waals surface area contributed by atoms with Gasteiger partial charge in [-0.1, -0.05) is 12.1 Å². The summed E-state index contributed by atoms with van der Waals surface area (Å²) in [7, 11) is 0. The largest absolute Gasteiger partial charge is 0.471 e. The summed E-state index contributed by atoms with van der Waals surface area (Å²) in [5, 5.41) is 8.65. The Bertz CT molecular complexity index is 1210. The highest BCUT2D eigenvalue weighted by molar-refractivity contribution is 7.22. The number of hydrogen-bond acceptors (Lipinski definition) is 7. The molecule has 0 bridgehead atoms. The van der Waals surface area contributed by atoms with E-state index in [1.165, 1.54) is 23.5 Å². The number of likely N-dealkylation sites (tertiary alicyclic amines) is 1. The van der Waals surface area contributed by atoms with E-state index < -0.39 is 11.5 Å². The monoisotopic (exact) mass is 472 g/mol. The van der Waals surface area contributed by atoms with Crippen LogP contribution in [0.4, 0.5) is 9.18 Å². The second-order valence-corrected chi connectivity index (χ2v) is 9.94. The molecule has 0 radical (unpaired) electrons. The molecule has 0 aliphatic carbocycles. The molecule has 3 heterocycles. The molecule has 1 aliphatic rings. The van der Waals surface area contributed by atoms with Gasteiger partial charge in [-0.2, -0.15) is 0 Å². The fraction of sp³-hybridized carbons (Fsp3) is 0.391.